The molecule has 0 bridgehead atoms. The van der Waals surface area contributed by atoms with Crippen LogP contribution in [0.2, 0.25) is 5.02 Å². The molecule has 1 heterocycles. The number of H-pyrrole nitrogens is 1. The summed E-state index contributed by atoms with van der Waals surface area (Å²) < 4.78 is 0. The van der Waals surface area contributed by atoms with E-state index in [1.165, 1.54) is 12.3 Å². The molecule has 3 nitrogen and oxygen atoms in total. The second kappa shape index (κ2) is 4.21. The van der Waals surface area contributed by atoms with Gasteiger partial charge < -0.3 is 4.98 Å². The monoisotopic (exact) mass is 230 g/mol. The van der Waals surface area contributed by atoms with Gasteiger partial charge in [-0.2, -0.15) is 5.26 Å². The second-order valence-corrected chi connectivity index (χ2v) is 3.68. The number of nitrogens with zero attached hydrogens (tertiary/aromatic N) is 1. The van der Waals surface area contributed by atoms with Crippen molar-refractivity contribution in [2.75, 3.05) is 0 Å². The lowest BCUT2D eigenvalue weighted by Crippen LogP contribution is -2.04. The van der Waals surface area contributed by atoms with Crippen LogP contribution >= 0.6 is 11.6 Å². The molecule has 2 aromatic rings. The van der Waals surface area contributed by atoms with Gasteiger partial charge in [-0.1, -0.05) is 23.7 Å². The fraction of sp³-hybridized carbons (Fsp3) is 0. The molecule has 4 heteroatoms. The fourth-order valence-corrected chi connectivity index (χ4v) is 1.56. The van der Waals surface area contributed by atoms with Gasteiger partial charge >= 0.3 is 0 Å². The summed E-state index contributed by atoms with van der Waals surface area (Å²) in [5, 5.41) is 9.54. The molecule has 2 rings (SSSR count). The number of rotatable bonds is 1. The molecule has 0 radical (unpaired) electrons. The second-order valence-electron chi connectivity index (χ2n) is 3.24. The molecule has 1 N–H and O–H groups in total. The number of aromatic amines is 1. The lowest BCUT2D eigenvalue weighted by Gasteiger charge is -2.02. The summed E-state index contributed by atoms with van der Waals surface area (Å²) in [5.74, 6) is 0. The van der Waals surface area contributed by atoms with Crippen LogP contribution in [0.25, 0.3) is 11.1 Å². The van der Waals surface area contributed by atoms with E-state index in [0.29, 0.717) is 16.1 Å². The average molecular weight is 231 g/mol. The highest BCUT2D eigenvalue weighted by Gasteiger charge is 2.05. The first-order valence-corrected chi connectivity index (χ1v) is 4.97. The van der Waals surface area contributed by atoms with Gasteiger partial charge in [-0.05, 0) is 17.7 Å². The first-order valence-electron chi connectivity index (χ1n) is 4.59. The maximum Gasteiger partial charge on any atom is 0.248 e. The molecular formula is C12H7ClN2O. The number of hydrogen-bond acceptors (Lipinski definition) is 2. The quantitative estimate of drug-likeness (QED) is 0.819. The molecule has 1 aromatic heterocycles. The van der Waals surface area contributed by atoms with E-state index >= 15 is 0 Å². The number of pyridine rings is 1. The van der Waals surface area contributed by atoms with Crippen LogP contribution in [0.1, 0.15) is 5.56 Å². The topological polar surface area (TPSA) is 56.6 Å². The molecule has 0 unspecified atom stereocenters. The van der Waals surface area contributed by atoms with Crippen molar-refractivity contribution in [2.45, 2.75) is 0 Å². The van der Waals surface area contributed by atoms with Crippen molar-refractivity contribution >= 4 is 11.6 Å². The maximum absolute atomic E-state index is 11.2. The molecule has 0 fully saturated rings. The van der Waals surface area contributed by atoms with E-state index in [0.717, 1.165) is 5.56 Å². The predicted molar refractivity (Wildman–Crippen MR) is 62.2 cm³/mol. The van der Waals surface area contributed by atoms with Crippen molar-refractivity contribution in [3.05, 3.63) is 57.5 Å². The zero-order chi connectivity index (χ0) is 11.5. The lowest BCUT2D eigenvalue weighted by molar-refractivity contribution is 1.22. The van der Waals surface area contributed by atoms with E-state index in [1.807, 2.05) is 6.07 Å². The molecule has 0 aliphatic rings. The van der Waals surface area contributed by atoms with E-state index in [9.17, 15) is 4.79 Å². The van der Waals surface area contributed by atoms with Crippen LogP contribution in [-0.4, -0.2) is 4.98 Å². The van der Waals surface area contributed by atoms with Crippen molar-refractivity contribution in [1.29, 1.82) is 5.26 Å². The Morgan fingerprint density at radius 1 is 1.25 bits per heavy atom. The van der Waals surface area contributed by atoms with Crippen LogP contribution in [0.3, 0.4) is 0 Å². The van der Waals surface area contributed by atoms with E-state index in [2.05, 4.69) is 4.98 Å². The van der Waals surface area contributed by atoms with Crippen LogP contribution in [0.4, 0.5) is 0 Å². The minimum absolute atomic E-state index is 0.232. The Kier molecular flexibility index (Phi) is 2.76. The number of hydrogen-bond donors (Lipinski definition) is 1. The Hall–Kier alpha value is -2.05. The summed E-state index contributed by atoms with van der Waals surface area (Å²) in [7, 11) is 0. The highest BCUT2D eigenvalue weighted by molar-refractivity contribution is 6.30. The van der Waals surface area contributed by atoms with Gasteiger partial charge in [0.2, 0.25) is 5.56 Å². The molecule has 0 amide bonds. The standard InChI is InChI=1S/C12H7ClN2O/c13-10-3-1-8(2-4-10)11-5-12(16)15-7-9(11)6-14/h1-5,7H,(H,15,16). The molecule has 0 aliphatic heterocycles. The molecular weight excluding hydrogens is 224 g/mol. The SMILES string of the molecule is N#Cc1c[nH]c(=O)cc1-c1ccc(Cl)cc1. The smallest absolute Gasteiger partial charge is 0.248 e. The van der Waals surface area contributed by atoms with Gasteiger partial charge in [0, 0.05) is 22.8 Å². The van der Waals surface area contributed by atoms with Crippen LogP contribution in [-0.2, 0) is 0 Å². The molecule has 0 saturated carbocycles. The van der Waals surface area contributed by atoms with Crippen LogP contribution in [0.15, 0.2) is 41.3 Å². The number of nitriles is 1. The minimum atomic E-state index is -0.232. The number of nitrogens with one attached hydrogen (secondary N) is 1. The molecule has 0 spiro atoms. The molecule has 0 aliphatic carbocycles. The molecule has 16 heavy (non-hydrogen) atoms. The maximum atomic E-state index is 11.2. The summed E-state index contributed by atoms with van der Waals surface area (Å²) >= 11 is 5.77. The van der Waals surface area contributed by atoms with Gasteiger partial charge in [-0.15, -0.1) is 0 Å². The van der Waals surface area contributed by atoms with Crippen molar-refractivity contribution in [1.82, 2.24) is 4.98 Å². The zero-order valence-electron chi connectivity index (χ0n) is 8.20. The summed E-state index contributed by atoms with van der Waals surface area (Å²) in [4.78, 5) is 13.7. The van der Waals surface area contributed by atoms with Gasteiger partial charge in [0.15, 0.2) is 0 Å². The van der Waals surface area contributed by atoms with Gasteiger partial charge in [-0.25, -0.2) is 0 Å². The third-order valence-electron chi connectivity index (χ3n) is 2.20. The summed E-state index contributed by atoms with van der Waals surface area (Å²) in [6, 6.07) is 10.4. The van der Waals surface area contributed by atoms with Gasteiger partial charge in [0.05, 0.1) is 5.56 Å². The Labute approximate surface area is 96.9 Å². The fourth-order valence-electron chi connectivity index (χ4n) is 1.43. The van der Waals surface area contributed by atoms with Gasteiger partial charge in [0.1, 0.15) is 6.07 Å². The van der Waals surface area contributed by atoms with Crippen LogP contribution in [0, 0.1) is 11.3 Å². The van der Waals surface area contributed by atoms with Crippen molar-refractivity contribution < 1.29 is 0 Å². The highest BCUT2D eigenvalue weighted by atomic mass is 35.5. The lowest BCUT2D eigenvalue weighted by atomic mass is 10.0. The van der Waals surface area contributed by atoms with Crippen molar-refractivity contribution in [3.63, 3.8) is 0 Å². The van der Waals surface area contributed by atoms with E-state index in [1.54, 1.807) is 24.3 Å². The molecule has 78 valence electrons. The largest absolute Gasteiger partial charge is 0.328 e. The first kappa shape index (κ1) is 10.5. The highest BCUT2D eigenvalue weighted by Crippen LogP contribution is 2.22. The van der Waals surface area contributed by atoms with Crippen LogP contribution in [0.5, 0.6) is 0 Å². The molecule has 0 saturated heterocycles. The Balaban J connectivity index is 2.64. The van der Waals surface area contributed by atoms with E-state index < -0.39 is 0 Å². The van der Waals surface area contributed by atoms with Crippen molar-refractivity contribution in [3.8, 4) is 17.2 Å². The first-order chi connectivity index (χ1) is 7.70. The number of halogens is 1. The third-order valence-corrected chi connectivity index (χ3v) is 2.45. The zero-order valence-corrected chi connectivity index (χ0v) is 8.95. The minimum Gasteiger partial charge on any atom is -0.328 e. The average Bonchev–Trinajstić information content (AvgIpc) is 2.30. The number of aromatic nitrogens is 1. The summed E-state index contributed by atoms with van der Waals surface area (Å²) in [6.07, 6.45) is 1.41. The normalized spacial score (nSPS) is 9.75. The number of benzene rings is 1. The Bertz CT molecular complexity index is 608. The van der Waals surface area contributed by atoms with Gasteiger partial charge in [-0.3, -0.25) is 4.79 Å². The molecule has 0 atom stereocenters. The molecule has 1 aromatic carbocycles. The van der Waals surface area contributed by atoms with E-state index in [4.69, 9.17) is 16.9 Å². The Morgan fingerprint density at radius 3 is 2.56 bits per heavy atom. The van der Waals surface area contributed by atoms with Crippen molar-refractivity contribution in [2.24, 2.45) is 0 Å². The van der Waals surface area contributed by atoms with Crippen LogP contribution < -0.4 is 5.56 Å². The third kappa shape index (κ3) is 1.97. The Morgan fingerprint density at radius 2 is 1.94 bits per heavy atom. The summed E-state index contributed by atoms with van der Waals surface area (Å²) in [6.45, 7) is 0. The van der Waals surface area contributed by atoms with Gasteiger partial charge in [0.25, 0.3) is 0 Å². The summed E-state index contributed by atoms with van der Waals surface area (Å²) in [5.41, 5.74) is 1.61. The van der Waals surface area contributed by atoms with E-state index in [-0.39, 0.29) is 5.56 Å². The predicted octanol–water partition coefficient (Wildman–Crippen LogP) is 2.57.